The Kier molecular flexibility index (Phi) is 9.32. The van der Waals surface area contributed by atoms with Crippen molar-refractivity contribution in [2.45, 2.75) is 66.5 Å². The van der Waals surface area contributed by atoms with Gasteiger partial charge in [-0.15, -0.1) is 0 Å². The van der Waals surface area contributed by atoms with Gasteiger partial charge in [-0.05, 0) is 48.8 Å². The van der Waals surface area contributed by atoms with Crippen molar-refractivity contribution >= 4 is 39.9 Å². The fourth-order valence-electron chi connectivity index (χ4n) is 3.69. The summed E-state index contributed by atoms with van der Waals surface area (Å²) in [5.41, 5.74) is 1.04. The van der Waals surface area contributed by atoms with Gasteiger partial charge in [0.25, 0.3) is 5.91 Å². The number of nitrogens with one attached hydrogen (secondary N) is 2. The Morgan fingerprint density at radius 2 is 1.73 bits per heavy atom. The van der Waals surface area contributed by atoms with E-state index in [4.69, 9.17) is 11.6 Å². The Morgan fingerprint density at radius 3 is 2.27 bits per heavy atom. The van der Waals surface area contributed by atoms with Crippen LogP contribution >= 0.6 is 22.9 Å². The number of anilines is 1. The predicted molar refractivity (Wildman–Crippen MR) is 138 cm³/mol. The first-order valence-corrected chi connectivity index (χ1v) is 12.5. The third-order valence-corrected chi connectivity index (χ3v) is 7.10. The molecule has 1 aromatic carbocycles. The highest BCUT2D eigenvalue weighted by Crippen LogP contribution is 2.36. The van der Waals surface area contributed by atoms with Gasteiger partial charge in [-0.25, -0.2) is 4.98 Å². The Bertz CT molecular complexity index is 940. The van der Waals surface area contributed by atoms with Crippen LogP contribution in [0.2, 0.25) is 5.02 Å². The number of hydrogen-bond donors (Lipinski definition) is 2. The Morgan fingerprint density at radius 1 is 1.12 bits per heavy atom. The molecular weight excluding hydrogens is 456 g/mol. The molecule has 0 saturated heterocycles. The summed E-state index contributed by atoms with van der Waals surface area (Å²) in [6.07, 6.45) is 1.55. The summed E-state index contributed by atoms with van der Waals surface area (Å²) < 4.78 is 0. The van der Waals surface area contributed by atoms with Crippen LogP contribution in [0.5, 0.6) is 0 Å². The summed E-state index contributed by atoms with van der Waals surface area (Å²) in [5.74, 6) is 0.132. The van der Waals surface area contributed by atoms with E-state index in [9.17, 15) is 9.59 Å². The zero-order valence-electron chi connectivity index (χ0n) is 20.9. The molecule has 0 radical (unpaired) electrons. The normalized spacial score (nSPS) is 13.7. The third-order valence-electron chi connectivity index (χ3n) is 5.92. The van der Waals surface area contributed by atoms with Gasteiger partial charge in [-0.2, -0.15) is 0 Å². The minimum absolute atomic E-state index is 0.00441. The number of aromatic nitrogens is 1. The van der Waals surface area contributed by atoms with E-state index in [1.54, 1.807) is 11.1 Å². The maximum Gasteiger partial charge on any atom is 0.263 e. The van der Waals surface area contributed by atoms with Crippen LogP contribution in [0, 0.1) is 11.3 Å². The van der Waals surface area contributed by atoms with Crippen molar-refractivity contribution in [3.05, 3.63) is 45.9 Å². The molecule has 0 aliphatic rings. The monoisotopic (exact) mass is 492 g/mol. The van der Waals surface area contributed by atoms with Crippen LogP contribution < -0.4 is 10.6 Å². The maximum absolute atomic E-state index is 13.4. The molecule has 1 aromatic heterocycles. The van der Waals surface area contributed by atoms with Crippen LogP contribution in [-0.4, -0.2) is 47.4 Å². The first kappa shape index (κ1) is 27.1. The molecule has 8 heteroatoms. The molecule has 2 N–H and O–H groups in total. The highest BCUT2D eigenvalue weighted by atomic mass is 35.5. The van der Waals surface area contributed by atoms with E-state index < -0.39 is 6.04 Å². The third kappa shape index (κ3) is 7.44. The highest BCUT2D eigenvalue weighted by molar-refractivity contribution is 7.17. The molecule has 1 heterocycles. The first-order valence-electron chi connectivity index (χ1n) is 11.4. The van der Waals surface area contributed by atoms with Crippen molar-refractivity contribution in [3.8, 4) is 0 Å². The zero-order valence-corrected chi connectivity index (χ0v) is 22.5. The smallest absolute Gasteiger partial charge is 0.263 e. The number of amides is 2. The Labute approximate surface area is 207 Å². The molecule has 0 bridgehead atoms. The van der Waals surface area contributed by atoms with Gasteiger partial charge in [0, 0.05) is 24.7 Å². The number of halogens is 1. The molecule has 2 amide bonds. The standard InChI is InChI=1S/C25H37ClN4O2S/c1-15(2)21(29-24-27-13-20(33-24)22(31)28-16(3)4)23(32)30(8)14-25(6,7)17(5)18-9-11-19(26)12-10-18/h9-13,15-17,21H,14H2,1-8H3,(H,27,29)(H,28,31)/t17?,21-/m1/s1. The predicted octanol–water partition coefficient (Wildman–Crippen LogP) is 5.66. The van der Waals surface area contributed by atoms with Crippen molar-refractivity contribution in [2.75, 3.05) is 18.9 Å². The molecule has 2 aromatic rings. The van der Waals surface area contributed by atoms with Crippen LogP contribution in [0.1, 0.15) is 69.6 Å². The molecule has 2 rings (SSSR count). The largest absolute Gasteiger partial charge is 0.349 e. The minimum Gasteiger partial charge on any atom is -0.349 e. The van der Waals surface area contributed by atoms with Gasteiger partial charge in [0.05, 0.1) is 6.20 Å². The average molecular weight is 493 g/mol. The molecule has 0 saturated carbocycles. The van der Waals surface area contributed by atoms with E-state index in [2.05, 4.69) is 36.4 Å². The Balaban J connectivity index is 2.09. The number of likely N-dealkylation sites (N-methyl/N-ethyl adjacent to an activating group) is 1. The van der Waals surface area contributed by atoms with Gasteiger partial charge in [-0.1, -0.05) is 69.7 Å². The van der Waals surface area contributed by atoms with Gasteiger partial charge < -0.3 is 15.5 Å². The van der Waals surface area contributed by atoms with Gasteiger partial charge >= 0.3 is 0 Å². The number of hydrogen-bond acceptors (Lipinski definition) is 5. The maximum atomic E-state index is 13.4. The van der Waals surface area contributed by atoms with Crippen molar-refractivity contribution in [2.24, 2.45) is 11.3 Å². The summed E-state index contributed by atoms with van der Waals surface area (Å²) in [7, 11) is 1.85. The van der Waals surface area contributed by atoms with Crippen LogP contribution in [0.25, 0.3) is 0 Å². The highest BCUT2D eigenvalue weighted by Gasteiger charge is 2.33. The van der Waals surface area contributed by atoms with Gasteiger partial charge in [0.15, 0.2) is 5.13 Å². The quantitative estimate of drug-likeness (QED) is 0.448. The zero-order chi connectivity index (χ0) is 24.9. The van der Waals surface area contributed by atoms with E-state index in [1.165, 1.54) is 16.9 Å². The molecule has 0 aliphatic heterocycles. The molecule has 2 atom stereocenters. The van der Waals surface area contributed by atoms with E-state index in [1.807, 2.05) is 59.0 Å². The molecule has 6 nitrogen and oxygen atoms in total. The molecule has 182 valence electrons. The van der Waals surface area contributed by atoms with Crippen molar-refractivity contribution in [1.82, 2.24) is 15.2 Å². The van der Waals surface area contributed by atoms with E-state index >= 15 is 0 Å². The van der Waals surface area contributed by atoms with Crippen LogP contribution in [0.4, 0.5) is 5.13 Å². The van der Waals surface area contributed by atoms with Crippen LogP contribution in [-0.2, 0) is 4.79 Å². The second kappa shape index (κ2) is 11.3. The van der Waals surface area contributed by atoms with E-state index in [0.717, 1.165) is 0 Å². The fourth-order valence-corrected chi connectivity index (χ4v) is 4.57. The summed E-state index contributed by atoms with van der Waals surface area (Å²) in [4.78, 5) is 32.3. The lowest BCUT2D eigenvalue weighted by Crippen LogP contribution is -2.47. The molecule has 1 unspecified atom stereocenters. The lowest BCUT2D eigenvalue weighted by molar-refractivity contribution is -0.133. The number of thiazole rings is 1. The van der Waals surface area contributed by atoms with E-state index in [0.29, 0.717) is 21.6 Å². The summed E-state index contributed by atoms with van der Waals surface area (Å²) in [5, 5.41) is 7.41. The number of carbonyl (C=O) groups is 2. The van der Waals surface area contributed by atoms with Crippen molar-refractivity contribution in [3.63, 3.8) is 0 Å². The van der Waals surface area contributed by atoms with Crippen molar-refractivity contribution < 1.29 is 9.59 Å². The molecule has 0 aliphatic carbocycles. The molecule has 0 spiro atoms. The number of benzene rings is 1. The topological polar surface area (TPSA) is 74.3 Å². The lowest BCUT2D eigenvalue weighted by Gasteiger charge is -2.37. The number of nitrogens with zero attached hydrogens (tertiary/aromatic N) is 2. The van der Waals surface area contributed by atoms with Crippen molar-refractivity contribution in [1.29, 1.82) is 0 Å². The summed E-state index contributed by atoms with van der Waals surface area (Å²) >= 11 is 7.30. The molecule has 33 heavy (non-hydrogen) atoms. The first-order chi connectivity index (χ1) is 15.3. The second-order valence-corrected chi connectivity index (χ2v) is 11.4. The Hall–Kier alpha value is -2.12. The van der Waals surface area contributed by atoms with Gasteiger partial charge in [0.1, 0.15) is 10.9 Å². The SMILES string of the molecule is CC(C)NC(=O)c1cnc(N[C@@H](C(=O)N(C)CC(C)(C)C(C)c2ccc(Cl)cc2)C(C)C)s1. The molecular formula is C25H37ClN4O2S. The van der Waals surface area contributed by atoms with Crippen LogP contribution in [0.3, 0.4) is 0 Å². The van der Waals surface area contributed by atoms with Crippen LogP contribution in [0.15, 0.2) is 30.5 Å². The summed E-state index contributed by atoms with van der Waals surface area (Å²) in [6.45, 7) is 15.0. The summed E-state index contributed by atoms with van der Waals surface area (Å²) in [6, 6.07) is 7.51. The minimum atomic E-state index is -0.441. The lowest BCUT2D eigenvalue weighted by atomic mass is 9.75. The second-order valence-electron chi connectivity index (χ2n) is 9.98. The van der Waals surface area contributed by atoms with E-state index in [-0.39, 0.29) is 35.1 Å². The van der Waals surface area contributed by atoms with Gasteiger partial charge in [-0.3, -0.25) is 9.59 Å². The number of carbonyl (C=O) groups excluding carboxylic acids is 2. The molecule has 0 fully saturated rings. The number of rotatable bonds is 10. The fraction of sp³-hybridized carbons (Fsp3) is 0.560. The average Bonchev–Trinajstić information content (AvgIpc) is 3.19. The van der Waals surface area contributed by atoms with Gasteiger partial charge in [0.2, 0.25) is 5.91 Å².